The molecule has 0 heterocycles. The molecule has 0 bridgehead atoms. The van der Waals surface area contributed by atoms with Gasteiger partial charge in [0.25, 0.3) is 0 Å². The number of carbonyl (C=O) groups excluding carboxylic acids is 1. The zero-order valence-electron chi connectivity index (χ0n) is 11.3. The van der Waals surface area contributed by atoms with E-state index in [1.54, 1.807) is 21.0 Å². The Hall–Kier alpha value is -0.460. The molecule has 0 fully saturated rings. The Kier molecular flexibility index (Phi) is 11.5. The first-order valence-electron chi connectivity index (χ1n) is 5.63. The van der Waals surface area contributed by atoms with Gasteiger partial charge in [-0.1, -0.05) is 0 Å². The van der Waals surface area contributed by atoms with E-state index in [4.69, 9.17) is 20.3 Å². The summed E-state index contributed by atoms with van der Waals surface area (Å²) in [6, 6.07) is -0.968. The third-order valence-corrected chi connectivity index (χ3v) is 2.52. The fraction of sp³-hybridized carbons (Fsp3) is 0.900. The summed E-state index contributed by atoms with van der Waals surface area (Å²) in [5.74, 6) is -0.631. The molecule has 0 saturated carbocycles. The van der Waals surface area contributed by atoms with Crippen LogP contribution in [0.3, 0.4) is 0 Å². The van der Waals surface area contributed by atoms with Gasteiger partial charge in [-0.25, -0.2) is 0 Å². The Morgan fingerprint density at radius 3 is 2.11 bits per heavy atom. The van der Waals surface area contributed by atoms with Gasteiger partial charge in [0.2, 0.25) is 0 Å². The largest absolute Gasteiger partial charge is 0.462 e. The number of hydrogen-bond acceptors (Lipinski definition) is 5. The van der Waals surface area contributed by atoms with Crippen molar-refractivity contribution in [3.63, 3.8) is 0 Å². The lowest BCUT2D eigenvalue weighted by molar-refractivity contribution is -0.149. The second kappa shape index (κ2) is 10.5. The molecule has 0 radical (unpaired) electrons. The standard InChI is InChI=1S/C7H16NO5P.C3H8O/c1-5(2)13-7(9)6(8)3-4-14(10,11)12;1-3-4-2/h5-6H,3-4,8H2,1-2H3,(H2,10,11,12);3H2,1-2H3. The Morgan fingerprint density at radius 1 is 1.39 bits per heavy atom. The molecule has 110 valence electrons. The van der Waals surface area contributed by atoms with E-state index < -0.39 is 25.8 Å². The fourth-order valence-electron chi connectivity index (χ4n) is 0.745. The van der Waals surface area contributed by atoms with Crippen molar-refractivity contribution in [2.75, 3.05) is 19.9 Å². The second-order valence-corrected chi connectivity index (χ2v) is 5.62. The number of ether oxygens (including phenoxy) is 2. The van der Waals surface area contributed by atoms with Crippen LogP contribution in [0.15, 0.2) is 0 Å². The van der Waals surface area contributed by atoms with Crippen molar-refractivity contribution in [3.05, 3.63) is 0 Å². The van der Waals surface area contributed by atoms with Gasteiger partial charge in [-0.05, 0) is 27.2 Å². The molecule has 0 rings (SSSR count). The number of carbonyl (C=O) groups is 1. The molecule has 1 unspecified atom stereocenters. The quantitative estimate of drug-likeness (QED) is 0.479. The third-order valence-electron chi connectivity index (χ3n) is 1.67. The molecule has 0 aliphatic rings. The molecule has 8 heteroatoms. The molecule has 7 nitrogen and oxygen atoms in total. The highest BCUT2D eigenvalue weighted by Gasteiger charge is 2.21. The molecule has 0 aromatic carbocycles. The van der Waals surface area contributed by atoms with Gasteiger partial charge in [0.1, 0.15) is 6.04 Å². The third kappa shape index (κ3) is 15.5. The van der Waals surface area contributed by atoms with E-state index in [0.717, 1.165) is 6.61 Å². The van der Waals surface area contributed by atoms with Gasteiger partial charge in [0.05, 0.1) is 12.3 Å². The van der Waals surface area contributed by atoms with Crippen LogP contribution in [0.2, 0.25) is 0 Å². The topological polar surface area (TPSA) is 119 Å². The smallest absolute Gasteiger partial charge is 0.325 e. The first kappa shape index (κ1) is 19.9. The maximum atomic E-state index is 11.1. The highest BCUT2D eigenvalue weighted by molar-refractivity contribution is 7.51. The van der Waals surface area contributed by atoms with E-state index in [-0.39, 0.29) is 12.5 Å². The van der Waals surface area contributed by atoms with Crippen LogP contribution < -0.4 is 5.73 Å². The van der Waals surface area contributed by atoms with Crippen molar-refractivity contribution >= 4 is 13.6 Å². The molecule has 0 aliphatic carbocycles. The number of rotatable bonds is 6. The van der Waals surface area contributed by atoms with Crippen LogP contribution in [-0.2, 0) is 18.8 Å². The lowest BCUT2D eigenvalue weighted by Crippen LogP contribution is -2.34. The van der Waals surface area contributed by atoms with E-state index in [1.807, 2.05) is 6.92 Å². The minimum absolute atomic E-state index is 0.0736. The molecule has 0 amide bonds. The van der Waals surface area contributed by atoms with Crippen LogP contribution in [0.25, 0.3) is 0 Å². The summed E-state index contributed by atoms with van der Waals surface area (Å²) >= 11 is 0. The van der Waals surface area contributed by atoms with Crippen molar-refractivity contribution < 1.29 is 28.6 Å². The zero-order valence-corrected chi connectivity index (χ0v) is 12.2. The van der Waals surface area contributed by atoms with Gasteiger partial charge in [0, 0.05) is 13.7 Å². The van der Waals surface area contributed by atoms with E-state index >= 15 is 0 Å². The van der Waals surface area contributed by atoms with Crippen LogP contribution in [0.1, 0.15) is 27.2 Å². The molecule has 4 N–H and O–H groups in total. The van der Waals surface area contributed by atoms with E-state index in [2.05, 4.69) is 4.74 Å². The van der Waals surface area contributed by atoms with Crippen molar-refractivity contribution in [1.29, 1.82) is 0 Å². The number of methoxy groups -OCH3 is 1. The number of esters is 1. The van der Waals surface area contributed by atoms with Crippen LogP contribution in [0.5, 0.6) is 0 Å². The van der Waals surface area contributed by atoms with E-state index in [1.165, 1.54) is 0 Å². The summed E-state index contributed by atoms with van der Waals surface area (Å²) in [5, 5.41) is 0. The lowest BCUT2D eigenvalue weighted by Gasteiger charge is -2.13. The number of hydrogen-bond donors (Lipinski definition) is 3. The summed E-state index contributed by atoms with van der Waals surface area (Å²) in [4.78, 5) is 28.1. The highest BCUT2D eigenvalue weighted by atomic mass is 31.2. The molecule has 0 saturated heterocycles. The maximum absolute atomic E-state index is 11.1. The first-order valence-corrected chi connectivity index (χ1v) is 7.43. The molecule has 18 heavy (non-hydrogen) atoms. The molecule has 0 aromatic rings. The van der Waals surface area contributed by atoms with Crippen molar-refractivity contribution in [2.45, 2.75) is 39.3 Å². The normalized spacial score (nSPS) is 12.7. The fourth-order valence-corrected chi connectivity index (χ4v) is 1.36. The second-order valence-electron chi connectivity index (χ2n) is 3.85. The molecule has 1 atom stereocenters. The van der Waals surface area contributed by atoms with Crippen molar-refractivity contribution in [1.82, 2.24) is 0 Å². The monoisotopic (exact) mass is 285 g/mol. The first-order chi connectivity index (χ1) is 8.14. The molecular formula is C10H24NO6P. The van der Waals surface area contributed by atoms with Gasteiger partial charge >= 0.3 is 13.6 Å². The summed E-state index contributed by atoms with van der Waals surface area (Å²) in [5.41, 5.74) is 5.35. The van der Waals surface area contributed by atoms with Gasteiger partial charge in [0.15, 0.2) is 0 Å². The van der Waals surface area contributed by atoms with Crippen molar-refractivity contribution in [3.8, 4) is 0 Å². The molecular weight excluding hydrogens is 261 g/mol. The Morgan fingerprint density at radius 2 is 1.83 bits per heavy atom. The van der Waals surface area contributed by atoms with Crippen LogP contribution in [0, 0.1) is 0 Å². The average Bonchev–Trinajstić information content (AvgIpc) is 2.24. The molecule has 0 aromatic heterocycles. The van der Waals surface area contributed by atoms with E-state index in [0.29, 0.717) is 0 Å². The minimum Gasteiger partial charge on any atom is -0.462 e. The van der Waals surface area contributed by atoms with E-state index in [9.17, 15) is 9.36 Å². The van der Waals surface area contributed by atoms with Crippen LogP contribution in [-0.4, -0.2) is 47.8 Å². The van der Waals surface area contributed by atoms with Gasteiger partial charge < -0.3 is 25.0 Å². The molecule has 0 aliphatic heterocycles. The summed E-state index contributed by atoms with van der Waals surface area (Å²) in [6.45, 7) is 6.13. The summed E-state index contributed by atoms with van der Waals surface area (Å²) in [7, 11) is -2.40. The van der Waals surface area contributed by atoms with Gasteiger partial charge in [-0.2, -0.15) is 0 Å². The lowest BCUT2D eigenvalue weighted by atomic mass is 10.2. The van der Waals surface area contributed by atoms with Gasteiger partial charge in [-0.15, -0.1) is 0 Å². The summed E-state index contributed by atoms with van der Waals surface area (Å²) in [6.07, 6.45) is -0.749. The summed E-state index contributed by atoms with van der Waals surface area (Å²) < 4.78 is 19.8. The zero-order chi connectivity index (χ0) is 14.8. The Balaban J connectivity index is 0. The predicted octanol–water partition coefficient (Wildman–Crippen LogP) is 0.486. The van der Waals surface area contributed by atoms with Crippen LogP contribution >= 0.6 is 7.60 Å². The Labute approximate surface area is 108 Å². The predicted molar refractivity (Wildman–Crippen MR) is 68.3 cm³/mol. The Bertz CT molecular complexity index is 263. The number of nitrogens with two attached hydrogens (primary N) is 1. The van der Waals surface area contributed by atoms with Crippen molar-refractivity contribution in [2.24, 2.45) is 5.73 Å². The average molecular weight is 285 g/mol. The SMILES string of the molecule is CC(C)OC(=O)C(N)CCP(=O)(O)O.CCOC. The minimum atomic E-state index is -4.08. The van der Waals surface area contributed by atoms with Crippen LogP contribution in [0.4, 0.5) is 0 Å². The molecule has 0 spiro atoms. The highest BCUT2D eigenvalue weighted by Crippen LogP contribution is 2.35. The van der Waals surface area contributed by atoms with Gasteiger partial charge in [-0.3, -0.25) is 9.36 Å². The maximum Gasteiger partial charge on any atom is 0.325 e.